The molecule has 1 amide bonds. The van der Waals surface area contributed by atoms with Crippen molar-refractivity contribution < 1.29 is 23.8 Å². The third-order valence-corrected chi connectivity index (χ3v) is 3.94. The Morgan fingerprint density at radius 3 is 2.60 bits per heavy atom. The van der Waals surface area contributed by atoms with Crippen LogP contribution in [0.2, 0.25) is 0 Å². The highest BCUT2D eigenvalue weighted by atomic mass is 16.6. The summed E-state index contributed by atoms with van der Waals surface area (Å²) in [5.74, 6) is 0.569. The fourth-order valence-electron chi connectivity index (χ4n) is 2.68. The van der Waals surface area contributed by atoms with E-state index in [4.69, 9.17) is 14.3 Å². The van der Waals surface area contributed by atoms with Gasteiger partial charge < -0.3 is 19.6 Å². The zero-order valence-electron chi connectivity index (χ0n) is 16.9. The predicted octanol–water partition coefficient (Wildman–Crippen LogP) is 3.19. The van der Waals surface area contributed by atoms with Crippen LogP contribution in [0.25, 0.3) is 0 Å². The van der Waals surface area contributed by atoms with Crippen molar-refractivity contribution >= 4 is 12.2 Å². The number of carbonyl (C=O) groups excluding carboxylic acids is 1. The molecule has 10 nitrogen and oxygen atoms in total. The van der Waals surface area contributed by atoms with Gasteiger partial charge in [0, 0.05) is 12.6 Å². The van der Waals surface area contributed by atoms with E-state index in [1.807, 2.05) is 30.3 Å². The molecule has 0 aliphatic heterocycles. The molecule has 0 spiro atoms. The molecule has 3 rings (SSSR count). The van der Waals surface area contributed by atoms with Crippen molar-refractivity contribution in [3.8, 4) is 0 Å². The van der Waals surface area contributed by atoms with Gasteiger partial charge in [-0.15, -0.1) is 10.2 Å². The molecule has 10 heteroatoms. The molecule has 0 saturated carbocycles. The van der Waals surface area contributed by atoms with Gasteiger partial charge in [-0.25, -0.2) is 19.1 Å². The van der Waals surface area contributed by atoms with Crippen LogP contribution in [0.4, 0.5) is 9.59 Å². The van der Waals surface area contributed by atoms with Crippen LogP contribution in [0, 0.1) is 0 Å². The van der Waals surface area contributed by atoms with E-state index >= 15 is 0 Å². The van der Waals surface area contributed by atoms with Crippen molar-refractivity contribution in [3.63, 3.8) is 0 Å². The van der Waals surface area contributed by atoms with Crippen molar-refractivity contribution in [1.29, 1.82) is 0 Å². The van der Waals surface area contributed by atoms with Gasteiger partial charge in [-0.2, -0.15) is 0 Å². The maximum Gasteiger partial charge on any atom is 0.416 e. The Morgan fingerprint density at radius 2 is 1.97 bits per heavy atom. The SMILES string of the molecule is CC(C)(C)OC(=O)NC(Cc1cn(C(=O)O)cn1)c1nnc(Cc2ccccc2)o1. The summed E-state index contributed by atoms with van der Waals surface area (Å²) < 4.78 is 12.0. The average Bonchev–Trinajstić information content (AvgIpc) is 3.30. The number of nitrogens with one attached hydrogen (secondary N) is 1. The van der Waals surface area contributed by atoms with Crippen molar-refractivity contribution in [2.75, 3.05) is 0 Å². The van der Waals surface area contributed by atoms with Crippen molar-refractivity contribution in [1.82, 2.24) is 25.1 Å². The van der Waals surface area contributed by atoms with Gasteiger partial charge in [0.25, 0.3) is 0 Å². The number of hydrogen-bond donors (Lipinski definition) is 2. The molecule has 0 fully saturated rings. The molecule has 3 aromatic rings. The summed E-state index contributed by atoms with van der Waals surface area (Å²) in [5, 5.41) is 19.9. The Labute approximate surface area is 172 Å². The first-order valence-electron chi connectivity index (χ1n) is 9.31. The molecule has 158 valence electrons. The first-order chi connectivity index (χ1) is 14.2. The van der Waals surface area contributed by atoms with Crippen molar-refractivity contribution in [2.24, 2.45) is 0 Å². The Kier molecular flexibility index (Phi) is 6.14. The fourth-order valence-corrected chi connectivity index (χ4v) is 2.68. The molecule has 0 radical (unpaired) electrons. The number of amides is 1. The number of aromatic nitrogens is 4. The topological polar surface area (TPSA) is 132 Å². The van der Waals surface area contributed by atoms with E-state index in [0.717, 1.165) is 10.1 Å². The number of rotatable bonds is 6. The van der Waals surface area contributed by atoms with Crippen LogP contribution in [0.3, 0.4) is 0 Å². The maximum absolute atomic E-state index is 12.3. The highest BCUT2D eigenvalue weighted by molar-refractivity contribution is 5.68. The van der Waals surface area contributed by atoms with Crippen LogP contribution in [-0.4, -0.2) is 42.6 Å². The van der Waals surface area contributed by atoms with E-state index in [-0.39, 0.29) is 12.3 Å². The molecule has 1 atom stereocenters. The van der Waals surface area contributed by atoms with Gasteiger partial charge in [-0.3, -0.25) is 0 Å². The molecule has 30 heavy (non-hydrogen) atoms. The molecule has 0 aliphatic carbocycles. The van der Waals surface area contributed by atoms with E-state index < -0.39 is 23.8 Å². The normalized spacial score (nSPS) is 12.4. The number of carbonyl (C=O) groups is 2. The summed E-state index contributed by atoms with van der Waals surface area (Å²) in [4.78, 5) is 27.4. The lowest BCUT2D eigenvalue weighted by atomic mass is 10.1. The number of ether oxygens (including phenoxy) is 1. The van der Waals surface area contributed by atoms with Crippen molar-refractivity contribution in [2.45, 2.75) is 45.3 Å². The quantitative estimate of drug-likeness (QED) is 0.629. The number of hydrogen-bond acceptors (Lipinski definition) is 7. The van der Waals surface area contributed by atoms with E-state index in [0.29, 0.717) is 18.0 Å². The summed E-state index contributed by atoms with van der Waals surface area (Å²) in [6.45, 7) is 5.25. The van der Waals surface area contributed by atoms with Crippen LogP contribution < -0.4 is 5.32 Å². The molecule has 2 N–H and O–H groups in total. The second kappa shape index (κ2) is 8.76. The van der Waals surface area contributed by atoms with E-state index in [1.54, 1.807) is 20.8 Å². The smallest absolute Gasteiger partial charge is 0.416 e. The minimum atomic E-state index is -1.16. The zero-order valence-corrected chi connectivity index (χ0v) is 16.9. The van der Waals surface area contributed by atoms with Crippen molar-refractivity contribution in [3.05, 3.63) is 65.9 Å². The summed E-state index contributed by atoms with van der Waals surface area (Å²) in [7, 11) is 0. The Hall–Kier alpha value is -3.69. The Bertz CT molecular complexity index is 1010. The second-order valence-electron chi connectivity index (χ2n) is 7.65. The van der Waals surface area contributed by atoms with Crippen LogP contribution >= 0.6 is 0 Å². The lowest BCUT2D eigenvalue weighted by molar-refractivity contribution is 0.0494. The fraction of sp³-hybridized carbons (Fsp3) is 0.350. The average molecular weight is 413 g/mol. The molecule has 2 heterocycles. The molecular weight excluding hydrogens is 390 g/mol. The van der Waals surface area contributed by atoms with Gasteiger partial charge >= 0.3 is 12.2 Å². The molecule has 1 unspecified atom stereocenters. The van der Waals surface area contributed by atoms with E-state index in [1.165, 1.54) is 12.5 Å². The highest BCUT2D eigenvalue weighted by Gasteiger charge is 2.26. The van der Waals surface area contributed by atoms with Crippen LogP contribution in [0.15, 0.2) is 47.3 Å². The molecule has 1 aromatic carbocycles. The summed E-state index contributed by atoms with van der Waals surface area (Å²) in [5.41, 5.74) is 0.748. The molecule has 2 aromatic heterocycles. The van der Waals surface area contributed by atoms with Gasteiger partial charge in [-0.1, -0.05) is 30.3 Å². The molecule has 0 saturated heterocycles. The lowest BCUT2D eigenvalue weighted by Crippen LogP contribution is -2.36. The third-order valence-electron chi connectivity index (χ3n) is 3.94. The molecule has 0 bridgehead atoms. The summed E-state index contributed by atoms with van der Waals surface area (Å²) in [6.07, 6.45) is 1.30. The first kappa shape index (κ1) is 21.0. The van der Waals surface area contributed by atoms with Gasteiger partial charge in [0.2, 0.25) is 11.8 Å². The van der Waals surface area contributed by atoms with Gasteiger partial charge in [-0.05, 0) is 26.3 Å². The lowest BCUT2D eigenvalue weighted by Gasteiger charge is -2.22. The number of carboxylic acid groups (broad SMARTS) is 1. The minimum Gasteiger partial charge on any atom is -0.464 e. The second-order valence-corrected chi connectivity index (χ2v) is 7.65. The van der Waals surface area contributed by atoms with E-state index in [9.17, 15) is 9.59 Å². The van der Waals surface area contributed by atoms with Gasteiger partial charge in [0.15, 0.2) is 0 Å². The van der Waals surface area contributed by atoms with Crippen LogP contribution in [-0.2, 0) is 17.6 Å². The van der Waals surface area contributed by atoms with E-state index in [2.05, 4.69) is 20.5 Å². The summed E-state index contributed by atoms with van der Waals surface area (Å²) >= 11 is 0. The summed E-state index contributed by atoms with van der Waals surface area (Å²) in [6, 6.07) is 8.89. The minimum absolute atomic E-state index is 0.145. The first-order valence-corrected chi connectivity index (χ1v) is 9.31. The molecular formula is C20H23N5O5. The molecule has 0 aliphatic rings. The number of nitrogens with zero attached hydrogens (tertiary/aromatic N) is 4. The maximum atomic E-state index is 12.3. The van der Waals surface area contributed by atoms with Crippen LogP contribution in [0.5, 0.6) is 0 Å². The number of imidazole rings is 1. The van der Waals surface area contributed by atoms with Gasteiger partial charge in [0.05, 0.1) is 12.1 Å². The number of alkyl carbamates (subject to hydrolysis) is 1. The monoisotopic (exact) mass is 413 g/mol. The Morgan fingerprint density at radius 1 is 1.23 bits per heavy atom. The predicted molar refractivity (Wildman–Crippen MR) is 105 cm³/mol. The zero-order chi connectivity index (χ0) is 21.7. The standard InChI is InChI=1S/C20H23N5O5/c1-20(2,3)30-18(26)22-15(10-14-11-25(12-21-14)19(27)28)17-24-23-16(29-17)9-13-7-5-4-6-8-13/h4-8,11-12,15H,9-10H2,1-3H3,(H,22,26)(H,27,28). The Balaban J connectivity index is 1.79. The highest BCUT2D eigenvalue weighted by Crippen LogP contribution is 2.19. The third kappa shape index (κ3) is 5.90. The van der Waals surface area contributed by atoms with Gasteiger partial charge in [0.1, 0.15) is 18.0 Å². The number of benzene rings is 1. The largest absolute Gasteiger partial charge is 0.464 e. The van der Waals surface area contributed by atoms with Crippen LogP contribution in [0.1, 0.15) is 49.9 Å².